The first-order valence-electron chi connectivity index (χ1n) is 4.92. The van der Waals surface area contributed by atoms with Crippen LogP contribution in [0, 0.1) is 24.2 Å². The second kappa shape index (κ2) is 5.46. The van der Waals surface area contributed by atoms with Crippen LogP contribution in [-0.4, -0.2) is 11.7 Å². The number of carbonyl (C=O) groups excluding carboxylic acids is 2. The smallest absolute Gasteiger partial charge is 0.249 e. The average Bonchev–Trinajstić information content (AvgIpc) is 2.24. The first-order chi connectivity index (χ1) is 7.95. The molecule has 0 saturated carbocycles. The summed E-state index contributed by atoms with van der Waals surface area (Å²) < 4.78 is 0. The molecular weight excluding hydrogens is 240 g/mol. The van der Waals surface area contributed by atoms with Crippen LogP contribution < -0.4 is 5.32 Å². The Labute approximate surface area is 104 Å². The molecule has 1 amide bonds. The SMILES string of the molecule is CC(=O)C(C#N)C(=O)Nc1ccc(Cl)c(C)c1. The lowest BCUT2D eigenvalue weighted by molar-refractivity contribution is -0.127. The third-order valence-corrected chi connectivity index (χ3v) is 2.65. The number of rotatable bonds is 3. The molecule has 1 N–H and O–H groups in total. The Morgan fingerprint density at radius 3 is 2.59 bits per heavy atom. The maximum Gasteiger partial charge on any atom is 0.249 e. The van der Waals surface area contributed by atoms with Gasteiger partial charge < -0.3 is 5.32 Å². The minimum Gasteiger partial charge on any atom is -0.325 e. The van der Waals surface area contributed by atoms with Gasteiger partial charge in [-0.3, -0.25) is 9.59 Å². The van der Waals surface area contributed by atoms with Gasteiger partial charge in [-0.25, -0.2) is 0 Å². The predicted octanol–water partition coefficient (Wildman–Crippen LogP) is 2.32. The molecule has 0 radical (unpaired) electrons. The highest BCUT2D eigenvalue weighted by Gasteiger charge is 2.22. The van der Waals surface area contributed by atoms with Gasteiger partial charge in [0, 0.05) is 10.7 Å². The fraction of sp³-hybridized carbons (Fsp3) is 0.250. The molecule has 1 unspecified atom stereocenters. The molecule has 0 heterocycles. The summed E-state index contributed by atoms with van der Waals surface area (Å²) >= 11 is 5.84. The van der Waals surface area contributed by atoms with Crippen molar-refractivity contribution in [3.63, 3.8) is 0 Å². The zero-order valence-electron chi connectivity index (χ0n) is 9.45. The van der Waals surface area contributed by atoms with Gasteiger partial charge >= 0.3 is 0 Å². The second-order valence-electron chi connectivity index (χ2n) is 3.63. The normalized spacial score (nSPS) is 11.4. The standard InChI is InChI=1S/C12H11ClN2O2/c1-7-5-9(3-4-11(7)13)15-12(17)10(6-14)8(2)16/h3-5,10H,1-2H3,(H,15,17). The minimum atomic E-state index is -1.27. The summed E-state index contributed by atoms with van der Waals surface area (Å²) in [5.74, 6) is -2.37. The molecule has 4 nitrogen and oxygen atoms in total. The number of hydrogen-bond acceptors (Lipinski definition) is 3. The maximum absolute atomic E-state index is 11.6. The number of ketones is 1. The lowest BCUT2D eigenvalue weighted by Gasteiger charge is -2.08. The van der Waals surface area contributed by atoms with Crippen LogP contribution >= 0.6 is 11.6 Å². The van der Waals surface area contributed by atoms with Crippen LogP contribution in [0.2, 0.25) is 5.02 Å². The average molecular weight is 251 g/mol. The number of aryl methyl sites for hydroxylation is 1. The largest absolute Gasteiger partial charge is 0.325 e. The highest BCUT2D eigenvalue weighted by molar-refractivity contribution is 6.31. The van der Waals surface area contributed by atoms with E-state index in [-0.39, 0.29) is 0 Å². The van der Waals surface area contributed by atoms with E-state index >= 15 is 0 Å². The van der Waals surface area contributed by atoms with E-state index in [1.54, 1.807) is 31.2 Å². The first-order valence-corrected chi connectivity index (χ1v) is 5.30. The number of anilines is 1. The van der Waals surface area contributed by atoms with Crippen LogP contribution in [0.25, 0.3) is 0 Å². The van der Waals surface area contributed by atoms with Gasteiger partial charge in [0.25, 0.3) is 0 Å². The number of carbonyl (C=O) groups is 2. The zero-order chi connectivity index (χ0) is 13.0. The molecule has 88 valence electrons. The van der Waals surface area contributed by atoms with Crippen LogP contribution in [0.4, 0.5) is 5.69 Å². The number of hydrogen-bond donors (Lipinski definition) is 1. The molecule has 0 aliphatic rings. The number of amides is 1. The van der Waals surface area contributed by atoms with E-state index in [9.17, 15) is 9.59 Å². The Hall–Kier alpha value is -1.86. The molecule has 1 aromatic rings. The van der Waals surface area contributed by atoms with E-state index in [2.05, 4.69) is 5.32 Å². The number of halogens is 1. The molecule has 0 aliphatic carbocycles. The zero-order valence-corrected chi connectivity index (χ0v) is 10.2. The minimum absolute atomic E-state index is 0.476. The summed E-state index contributed by atoms with van der Waals surface area (Å²) in [7, 11) is 0. The molecule has 17 heavy (non-hydrogen) atoms. The van der Waals surface area contributed by atoms with Crippen molar-refractivity contribution in [3.8, 4) is 6.07 Å². The van der Waals surface area contributed by atoms with E-state index in [1.807, 2.05) is 0 Å². The van der Waals surface area contributed by atoms with Crippen LogP contribution in [0.3, 0.4) is 0 Å². The van der Waals surface area contributed by atoms with Gasteiger partial charge in [0.15, 0.2) is 11.7 Å². The Balaban J connectivity index is 2.85. The van der Waals surface area contributed by atoms with Crippen LogP contribution in [0.1, 0.15) is 12.5 Å². The molecule has 0 fully saturated rings. The van der Waals surface area contributed by atoms with Crippen molar-refractivity contribution >= 4 is 29.0 Å². The number of Topliss-reactive ketones (excluding diaryl/α,β-unsaturated/α-hetero) is 1. The van der Waals surface area contributed by atoms with E-state index < -0.39 is 17.6 Å². The van der Waals surface area contributed by atoms with Crippen molar-refractivity contribution in [2.24, 2.45) is 5.92 Å². The van der Waals surface area contributed by atoms with Crippen molar-refractivity contribution in [2.45, 2.75) is 13.8 Å². The highest BCUT2D eigenvalue weighted by atomic mass is 35.5. The molecule has 0 aliphatic heterocycles. The highest BCUT2D eigenvalue weighted by Crippen LogP contribution is 2.19. The molecule has 1 rings (SSSR count). The van der Waals surface area contributed by atoms with E-state index in [0.717, 1.165) is 5.56 Å². The van der Waals surface area contributed by atoms with Gasteiger partial charge in [-0.15, -0.1) is 0 Å². The van der Waals surface area contributed by atoms with Crippen LogP contribution in [-0.2, 0) is 9.59 Å². The van der Waals surface area contributed by atoms with Crippen molar-refractivity contribution < 1.29 is 9.59 Å². The first kappa shape index (κ1) is 13.2. The van der Waals surface area contributed by atoms with E-state index in [1.165, 1.54) is 6.92 Å². The maximum atomic E-state index is 11.6. The quantitative estimate of drug-likeness (QED) is 0.837. The number of benzene rings is 1. The van der Waals surface area contributed by atoms with Gasteiger partial charge in [-0.2, -0.15) is 5.26 Å². The molecule has 1 atom stereocenters. The molecule has 0 saturated heterocycles. The third kappa shape index (κ3) is 3.30. The molecule has 5 heteroatoms. The number of nitrogens with zero attached hydrogens (tertiary/aromatic N) is 1. The van der Waals surface area contributed by atoms with Gasteiger partial charge in [-0.1, -0.05) is 11.6 Å². The predicted molar refractivity (Wildman–Crippen MR) is 64.6 cm³/mol. The fourth-order valence-electron chi connectivity index (χ4n) is 1.27. The summed E-state index contributed by atoms with van der Waals surface area (Å²) in [6.45, 7) is 3.01. The molecule has 0 aromatic heterocycles. The summed E-state index contributed by atoms with van der Waals surface area (Å²) in [4.78, 5) is 22.6. The topological polar surface area (TPSA) is 70.0 Å². The van der Waals surface area contributed by atoms with Crippen molar-refractivity contribution in [1.82, 2.24) is 0 Å². The Bertz CT molecular complexity index is 506. The van der Waals surface area contributed by atoms with Crippen molar-refractivity contribution in [2.75, 3.05) is 5.32 Å². The van der Waals surface area contributed by atoms with E-state index in [4.69, 9.17) is 16.9 Å². The summed E-state index contributed by atoms with van der Waals surface area (Å²) in [6.07, 6.45) is 0. The molecule has 0 spiro atoms. The van der Waals surface area contributed by atoms with Gasteiger partial charge in [0.1, 0.15) is 0 Å². The summed E-state index contributed by atoms with van der Waals surface area (Å²) in [5.41, 5.74) is 1.32. The van der Waals surface area contributed by atoms with Crippen molar-refractivity contribution in [1.29, 1.82) is 5.26 Å². The molecular formula is C12H11ClN2O2. The lowest BCUT2D eigenvalue weighted by atomic mass is 10.1. The lowest BCUT2D eigenvalue weighted by Crippen LogP contribution is -2.26. The molecule has 1 aromatic carbocycles. The third-order valence-electron chi connectivity index (χ3n) is 2.22. The second-order valence-corrected chi connectivity index (χ2v) is 4.03. The van der Waals surface area contributed by atoms with Crippen LogP contribution in [0.15, 0.2) is 18.2 Å². The fourth-order valence-corrected chi connectivity index (χ4v) is 1.39. The Kier molecular flexibility index (Phi) is 4.24. The van der Waals surface area contributed by atoms with Crippen molar-refractivity contribution in [3.05, 3.63) is 28.8 Å². The van der Waals surface area contributed by atoms with Gasteiger partial charge in [0.2, 0.25) is 5.91 Å². The van der Waals surface area contributed by atoms with Gasteiger partial charge in [0.05, 0.1) is 6.07 Å². The van der Waals surface area contributed by atoms with Gasteiger partial charge in [-0.05, 0) is 37.6 Å². The summed E-state index contributed by atoms with van der Waals surface area (Å²) in [5, 5.41) is 11.8. The Morgan fingerprint density at radius 1 is 1.47 bits per heavy atom. The summed E-state index contributed by atoms with van der Waals surface area (Å²) in [6, 6.07) is 6.59. The van der Waals surface area contributed by atoms with E-state index in [0.29, 0.717) is 10.7 Å². The molecule has 0 bridgehead atoms. The Morgan fingerprint density at radius 2 is 2.12 bits per heavy atom. The van der Waals surface area contributed by atoms with Crippen LogP contribution in [0.5, 0.6) is 0 Å². The number of nitriles is 1. The number of nitrogens with one attached hydrogen (secondary N) is 1. The monoisotopic (exact) mass is 250 g/mol.